The molecule has 1 spiro atoms. The van der Waals surface area contributed by atoms with Crippen molar-refractivity contribution >= 4 is 12.2 Å². The molecule has 182 valence electrons. The van der Waals surface area contributed by atoms with E-state index in [2.05, 4.69) is 39.6 Å². The zero-order valence-corrected chi connectivity index (χ0v) is 21.0. The van der Waals surface area contributed by atoms with Gasteiger partial charge in [-0.1, -0.05) is 12.8 Å². The summed E-state index contributed by atoms with van der Waals surface area (Å²) >= 11 is 6.00. The zero-order chi connectivity index (χ0) is 23.6. The van der Waals surface area contributed by atoms with Gasteiger partial charge in [0.25, 0.3) is 0 Å². The maximum absolute atomic E-state index is 6.00. The van der Waals surface area contributed by atoms with E-state index in [1.807, 2.05) is 16.9 Å². The summed E-state index contributed by atoms with van der Waals surface area (Å²) in [6.45, 7) is 5.24. The Morgan fingerprint density at radius 2 is 1.89 bits per heavy atom. The molecule has 1 aromatic carbocycles. The molecule has 0 amide bonds. The van der Waals surface area contributed by atoms with E-state index in [9.17, 15) is 0 Å². The van der Waals surface area contributed by atoms with Crippen molar-refractivity contribution in [3.05, 3.63) is 52.6 Å². The average molecular weight is 490 g/mol. The van der Waals surface area contributed by atoms with Crippen molar-refractivity contribution in [2.45, 2.75) is 69.6 Å². The fraction of sp³-hybridized carbons (Fsp3) is 0.519. The van der Waals surface area contributed by atoms with Crippen molar-refractivity contribution in [3.8, 4) is 22.9 Å². The van der Waals surface area contributed by atoms with Gasteiger partial charge in [0, 0.05) is 42.0 Å². The lowest BCUT2D eigenvalue weighted by molar-refractivity contribution is 0.0929. The third kappa shape index (κ3) is 3.52. The van der Waals surface area contributed by atoms with Gasteiger partial charge in [-0.15, -0.1) is 0 Å². The van der Waals surface area contributed by atoms with Gasteiger partial charge in [-0.3, -0.25) is 14.5 Å². The van der Waals surface area contributed by atoms with E-state index in [1.54, 1.807) is 6.20 Å². The normalized spacial score (nSPS) is 22.9. The number of hydrogen-bond donors (Lipinski definition) is 0. The van der Waals surface area contributed by atoms with Crippen LogP contribution in [0.2, 0.25) is 0 Å². The standard InChI is InChI=1S/C27H31N5O2S/c1-18-21-13-23-24(34-12-11-33-23)14-22(21)27(8-2-3-9-27)16-30(18)17-31-26(35)32(20-6-7-20)25(29-31)19-5-4-10-28-15-19/h4-5,10,13-15,18,20H,2-3,6-9,11-12,16-17H2,1H3. The van der Waals surface area contributed by atoms with Crippen molar-refractivity contribution < 1.29 is 9.47 Å². The van der Waals surface area contributed by atoms with Gasteiger partial charge in [0.15, 0.2) is 22.1 Å². The molecule has 2 saturated carbocycles. The Balaban J connectivity index is 1.28. The Bertz CT molecular complexity index is 1320. The predicted molar refractivity (Wildman–Crippen MR) is 135 cm³/mol. The highest BCUT2D eigenvalue weighted by Gasteiger charge is 2.45. The first-order valence-electron chi connectivity index (χ1n) is 12.9. The number of nitrogens with zero attached hydrogens (tertiary/aromatic N) is 5. The number of hydrogen-bond acceptors (Lipinski definition) is 6. The maximum atomic E-state index is 6.00. The zero-order valence-electron chi connectivity index (χ0n) is 20.2. The maximum Gasteiger partial charge on any atom is 0.199 e. The molecule has 2 fully saturated rings. The lowest BCUT2D eigenvalue weighted by Gasteiger charge is -2.46. The van der Waals surface area contributed by atoms with Crippen molar-refractivity contribution in [3.63, 3.8) is 0 Å². The lowest BCUT2D eigenvalue weighted by atomic mass is 9.71. The highest BCUT2D eigenvalue weighted by atomic mass is 32.1. The van der Waals surface area contributed by atoms with Gasteiger partial charge in [0.1, 0.15) is 13.2 Å². The molecule has 3 aromatic rings. The second-order valence-electron chi connectivity index (χ2n) is 10.6. The summed E-state index contributed by atoms with van der Waals surface area (Å²) in [6, 6.07) is 9.26. The molecule has 1 atom stereocenters. The predicted octanol–water partition coefficient (Wildman–Crippen LogP) is 5.43. The van der Waals surface area contributed by atoms with E-state index >= 15 is 0 Å². The Hall–Kier alpha value is -2.71. The topological polar surface area (TPSA) is 57.3 Å². The lowest BCUT2D eigenvalue weighted by Crippen LogP contribution is -2.46. The van der Waals surface area contributed by atoms with E-state index in [4.69, 9.17) is 26.8 Å². The number of ether oxygens (including phenoxy) is 2. The van der Waals surface area contributed by atoms with Gasteiger partial charge < -0.3 is 9.47 Å². The molecule has 35 heavy (non-hydrogen) atoms. The summed E-state index contributed by atoms with van der Waals surface area (Å²) in [4.78, 5) is 6.89. The van der Waals surface area contributed by atoms with Crippen LogP contribution in [-0.2, 0) is 12.1 Å². The summed E-state index contributed by atoms with van der Waals surface area (Å²) in [5.74, 6) is 2.73. The van der Waals surface area contributed by atoms with Gasteiger partial charge in [0.05, 0.1) is 6.67 Å². The van der Waals surface area contributed by atoms with E-state index in [0.29, 0.717) is 25.9 Å². The van der Waals surface area contributed by atoms with Crippen LogP contribution in [0.3, 0.4) is 0 Å². The van der Waals surface area contributed by atoms with Crippen LogP contribution in [0.1, 0.15) is 68.7 Å². The van der Waals surface area contributed by atoms with E-state index in [1.165, 1.54) is 36.8 Å². The molecule has 8 heteroatoms. The first-order valence-corrected chi connectivity index (χ1v) is 13.3. The van der Waals surface area contributed by atoms with Crippen LogP contribution in [0.15, 0.2) is 36.7 Å². The van der Waals surface area contributed by atoms with Crippen molar-refractivity contribution in [1.29, 1.82) is 0 Å². The summed E-state index contributed by atoms with van der Waals surface area (Å²) in [7, 11) is 0. The van der Waals surface area contributed by atoms with Crippen LogP contribution in [-0.4, -0.2) is 44.0 Å². The second kappa shape index (κ2) is 8.17. The van der Waals surface area contributed by atoms with E-state index < -0.39 is 0 Å². The Morgan fingerprint density at radius 3 is 2.60 bits per heavy atom. The molecule has 1 unspecified atom stereocenters. The highest BCUT2D eigenvalue weighted by molar-refractivity contribution is 7.71. The highest BCUT2D eigenvalue weighted by Crippen LogP contribution is 2.52. The molecule has 2 aliphatic heterocycles. The van der Waals surface area contributed by atoms with Crippen LogP contribution in [0.5, 0.6) is 11.5 Å². The molecule has 2 aromatic heterocycles. The van der Waals surface area contributed by atoms with E-state index in [-0.39, 0.29) is 11.5 Å². The van der Waals surface area contributed by atoms with Crippen LogP contribution in [0, 0.1) is 4.77 Å². The van der Waals surface area contributed by atoms with Gasteiger partial charge in [-0.25, -0.2) is 4.68 Å². The second-order valence-corrected chi connectivity index (χ2v) is 10.9. The van der Waals surface area contributed by atoms with Crippen LogP contribution in [0.25, 0.3) is 11.4 Å². The fourth-order valence-corrected chi connectivity index (χ4v) is 6.74. The smallest absolute Gasteiger partial charge is 0.199 e. The number of rotatable bonds is 4. The van der Waals surface area contributed by atoms with Crippen molar-refractivity contribution in [1.82, 2.24) is 24.2 Å². The van der Waals surface area contributed by atoms with Gasteiger partial charge in [0.2, 0.25) is 0 Å². The van der Waals surface area contributed by atoms with Crippen molar-refractivity contribution in [2.75, 3.05) is 19.8 Å². The molecule has 7 rings (SSSR count). The fourth-order valence-electron chi connectivity index (χ4n) is 6.41. The van der Waals surface area contributed by atoms with E-state index in [0.717, 1.165) is 47.0 Å². The van der Waals surface area contributed by atoms with Gasteiger partial charge in [-0.05, 0) is 80.2 Å². The summed E-state index contributed by atoms with van der Waals surface area (Å²) in [5.41, 5.74) is 4.01. The summed E-state index contributed by atoms with van der Waals surface area (Å²) in [5, 5.41) is 5.06. The first-order chi connectivity index (χ1) is 17.1. The first kappa shape index (κ1) is 21.6. The molecular weight excluding hydrogens is 458 g/mol. The number of pyridine rings is 1. The quantitative estimate of drug-likeness (QED) is 0.456. The molecule has 7 nitrogen and oxygen atoms in total. The Labute approximate surface area is 210 Å². The Morgan fingerprint density at radius 1 is 1.11 bits per heavy atom. The largest absolute Gasteiger partial charge is 0.486 e. The van der Waals surface area contributed by atoms with Crippen LogP contribution >= 0.6 is 12.2 Å². The van der Waals surface area contributed by atoms with Crippen LogP contribution < -0.4 is 9.47 Å². The molecule has 4 heterocycles. The monoisotopic (exact) mass is 489 g/mol. The molecular formula is C27H31N5O2S. The number of benzene rings is 1. The van der Waals surface area contributed by atoms with Crippen LogP contribution in [0.4, 0.5) is 0 Å². The molecule has 0 N–H and O–H groups in total. The average Bonchev–Trinajstić information content (AvgIpc) is 3.53. The molecule has 4 aliphatic rings. The minimum absolute atomic E-state index is 0.158. The molecule has 0 saturated heterocycles. The van der Waals surface area contributed by atoms with Crippen molar-refractivity contribution in [2.24, 2.45) is 0 Å². The van der Waals surface area contributed by atoms with Gasteiger partial charge in [-0.2, -0.15) is 5.10 Å². The number of fused-ring (bicyclic) bond motifs is 3. The third-order valence-corrected chi connectivity index (χ3v) is 8.78. The number of aromatic nitrogens is 4. The summed E-state index contributed by atoms with van der Waals surface area (Å²) in [6.07, 6.45) is 11.0. The van der Waals surface area contributed by atoms with Gasteiger partial charge >= 0.3 is 0 Å². The molecule has 2 aliphatic carbocycles. The SMILES string of the molecule is CC1c2cc3c(cc2C2(CCCC2)CN1Cn1nc(-c2cccnc2)n(C2CC2)c1=S)OCCO3. The minimum atomic E-state index is 0.158. The molecule has 0 bridgehead atoms. The molecule has 0 radical (unpaired) electrons. The minimum Gasteiger partial charge on any atom is -0.486 e. The summed E-state index contributed by atoms with van der Waals surface area (Å²) < 4.78 is 17.1. The Kier molecular flexibility index (Phi) is 5.03. The third-order valence-electron chi connectivity index (χ3n) is 8.37.